The van der Waals surface area contributed by atoms with Gasteiger partial charge in [-0.15, -0.1) is 0 Å². The number of aliphatic carboxylic acids is 1. The number of carboxylic acids is 1. The zero-order chi connectivity index (χ0) is 13.3. The van der Waals surface area contributed by atoms with Gasteiger partial charge in [0.15, 0.2) is 5.78 Å². The first kappa shape index (κ1) is 12.5. The van der Waals surface area contributed by atoms with E-state index in [0.717, 1.165) is 5.69 Å². The van der Waals surface area contributed by atoms with Crippen LogP contribution in [0.5, 0.6) is 0 Å². The van der Waals surface area contributed by atoms with E-state index in [-0.39, 0.29) is 17.8 Å². The lowest BCUT2D eigenvalue weighted by molar-refractivity contribution is -0.132. The molecule has 0 saturated heterocycles. The summed E-state index contributed by atoms with van der Waals surface area (Å²) in [6.45, 7) is 3.31. The van der Waals surface area contributed by atoms with E-state index in [0.29, 0.717) is 16.3 Å². The third-order valence-electron chi connectivity index (χ3n) is 2.62. The molecule has 0 saturated carbocycles. The van der Waals surface area contributed by atoms with E-state index >= 15 is 0 Å². The minimum atomic E-state index is -1.19. The number of nitrogens with one attached hydrogen (secondary N) is 1. The molecule has 1 heterocycles. The van der Waals surface area contributed by atoms with E-state index in [9.17, 15) is 13.8 Å². The van der Waals surface area contributed by atoms with Crippen molar-refractivity contribution >= 4 is 28.2 Å². The van der Waals surface area contributed by atoms with Crippen LogP contribution < -0.4 is 5.32 Å². The quantitative estimate of drug-likeness (QED) is 0.635. The smallest absolute Gasteiger partial charge is 0.331 e. The normalized spacial score (nSPS) is 16.8. The molecule has 1 aromatic carbocycles. The van der Waals surface area contributed by atoms with Crippen molar-refractivity contribution < 1.29 is 18.9 Å². The van der Waals surface area contributed by atoms with E-state index in [2.05, 4.69) is 11.9 Å². The summed E-state index contributed by atoms with van der Waals surface area (Å²) in [5.41, 5.74) is 0.954. The molecule has 1 aliphatic heterocycles. The van der Waals surface area contributed by atoms with Crippen molar-refractivity contribution in [1.82, 2.24) is 0 Å². The molecule has 1 aliphatic rings. The number of carbonyl (C=O) groups excluding carboxylic acids is 1. The van der Waals surface area contributed by atoms with Crippen molar-refractivity contribution in [2.75, 3.05) is 11.2 Å². The average Bonchev–Trinajstić information content (AvgIpc) is 2.70. The average molecular weight is 265 g/mol. The minimum Gasteiger partial charge on any atom is -0.478 e. The molecule has 0 spiro atoms. The van der Waals surface area contributed by atoms with E-state index in [1.807, 2.05) is 0 Å². The fourth-order valence-electron chi connectivity index (χ4n) is 1.62. The number of fused-ring (bicyclic) bond motifs is 1. The number of rotatable bonds is 4. The molecule has 2 rings (SSSR count). The molecule has 0 fully saturated rings. The zero-order valence-corrected chi connectivity index (χ0v) is 10.3. The van der Waals surface area contributed by atoms with Gasteiger partial charge in [0.2, 0.25) is 0 Å². The van der Waals surface area contributed by atoms with Gasteiger partial charge < -0.3 is 10.4 Å². The number of anilines is 1. The number of hydrogen-bond acceptors (Lipinski definition) is 4. The largest absolute Gasteiger partial charge is 0.478 e. The third-order valence-corrected chi connectivity index (χ3v) is 3.85. The highest BCUT2D eigenvalue weighted by molar-refractivity contribution is 7.85. The van der Waals surface area contributed by atoms with Crippen molar-refractivity contribution in [1.29, 1.82) is 0 Å². The number of carbonyl (C=O) groups is 2. The lowest BCUT2D eigenvalue weighted by Crippen LogP contribution is -2.07. The summed E-state index contributed by atoms with van der Waals surface area (Å²) in [5, 5.41) is 11.6. The van der Waals surface area contributed by atoms with Crippen LogP contribution in [-0.4, -0.2) is 26.9 Å². The topological polar surface area (TPSA) is 83.5 Å². The van der Waals surface area contributed by atoms with Crippen LogP contribution in [0.25, 0.3) is 0 Å². The molecular weight excluding hydrogens is 254 g/mol. The fourth-order valence-corrected chi connectivity index (χ4v) is 2.71. The van der Waals surface area contributed by atoms with Gasteiger partial charge in [-0.05, 0) is 18.2 Å². The van der Waals surface area contributed by atoms with Crippen LogP contribution in [0, 0.1) is 0 Å². The lowest BCUT2D eigenvalue weighted by atomic mass is 10.0. The van der Waals surface area contributed by atoms with Crippen molar-refractivity contribution in [2.45, 2.75) is 11.3 Å². The minimum absolute atomic E-state index is 0.153. The first-order valence-corrected chi connectivity index (χ1v) is 6.51. The molecule has 1 unspecified atom stereocenters. The molecule has 2 N–H and O–H groups in total. The summed E-state index contributed by atoms with van der Waals surface area (Å²) < 4.78 is 11.6. The predicted octanol–water partition coefficient (Wildman–Crippen LogP) is 1.39. The standard InChI is InChI=1S/C12H11NO4S/c1-7(12(15)16)4-10(14)8-2-3-9-11(5-8)18(17)6-13-9/h2-3,5,13H,1,4,6H2,(H,15,16). The first-order chi connectivity index (χ1) is 8.49. The Balaban J connectivity index is 2.22. The Morgan fingerprint density at radius 1 is 1.44 bits per heavy atom. The number of ketones is 1. The van der Waals surface area contributed by atoms with E-state index < -0.39 is 16.8 Å². The van der Waals surface area contributed by atoms with Crippen molar-refractivity contribution in [3.05, 3.63) is 35.9 Å². The predicted molar refractivity (Wildman–Crippen MR) is 67.1 cm³/mol. The Bertz CT molecular complexity index is 579. The van der Waals surface area contributed by atoms with Gasteiger partial charge in [0.05, 0.1) is 27.3 Å². The van der Waals surface area contributed by atoms with E-state index in [4.69, 9.17) is 5.11 Å². The van der Waals surface area contributed by atoms with Crippen LogP contribution in [-0.2, 0) is 15.6 Å². The Labute approximate surface area is 106 Å². The zero-order valence-electron chi connectivity index (χ0n) is 9.43. The second kappa shape index (κ2) is 4.73. The molecule has 1 atom stereocenters. The van der Waals surface area contributed by atoms with Crippen LogP contribution in [0.3, 0.4) is 0 Å². The van der Waals surface area contributed by atoms with Crippen LogP contribution in [0.1, 0.15) is 16.8 Å². The Morgan fingerprint density at radius 3 is 2.83 bits per heavy atom. The summed E-state index contributed by atoms with van der Waals surface area (Å²) in [6, 6.07) is 4.81. The maximum atomic E-state index is 11.8. The molecule has 6 heteroatoms. The highest BCUT2D eigenvalue weighted by Crippen LogP contribution is 2.27. The summed E-state index contributed by atoms with van der Waals surface area (Å²) in [7, 11) is -1.15. The number of benzene rings is 1. The van der Waals surface area contributed by atoms with Crippen LogP contribution >= 0.6 is 0 Å². The molecule has 0 aromatic heterocycles. The van der Waals surface area contributed by atoms with Crippen LogP contribution in [0.4, 0.5) is 5.69 Å². The van der Waals surface area contributed by atoms with E-state index in [1.54, 1.807) is 18.2 Å². The monoisotopic (exact) mass is 265 g/mol. The van der Waals surface area contributed by atoms with E-state index in [1.165, 1.54) is 0 Å². The number of carboxylic acid groups (broad SMARTS) is 1. The van der Waals surface area contributed by atoms with Gasteiger partial charge in [-0.25, -0.2) is 4.79 Å². The molecule has 5 nitrogen and oxygen atoms in total. The second-order valence-electron chi connectivity index (χ2n) is 3.89. The van der Waals surface area contributed by atoms with Crippen molar-refractivity contribution in [3.63, 3.8) is 0 Å². The molecular formula is C12H11NO4S. The Hall–Kier alpha value is -1.95. The Kier molecular flexibility index (Phi) is 3.29. The molecule has 0 aliphatic carbocycles. The summed E-state index contributed by atoms with van der Waals surface area (Å²) in [5.74, 6) is -1.18. The summed E-state index contributed by atoms with van der Waals surface area (Å²) in [6.07, 6.45) is -0.242. The molecule has 94 valence electrons. The van der Waals surface area contributed by atoms with Gasteiger partial charge in [0, 0.05) is 17.6 Å². The maximum Gasteiger partial charge on any atom is 0.331 e. The van der Waals surface area contributed by atoms with Crippen LogP contribution in [0.15, 0.2) is 35.2 Å². The van der Waals surface area contributed by atoms with Gasteiger partial charge in [-0.1, -0.05) is 6.58 Å². The first-order valence-electron chi connectivity index (χ1n) is 5.19. The van der Waals surface area contributed by atoms with Gasteiger partial charge in [0.25, 0.3) is 0 Å². The highest BCUT2D eigenvalue weighted by Gasteiger charge is 2.20. The van der Waals surface area contributed by atoms with Gasteiger partial charge in [-0.2, -0.15) is 0 Å². The van der Waals surface area contributed by atoms with Crippen LogP contribution in [0.2, 0.25) is 0 Å². The summed E-state index contributed by atoms with van der Waals surface area (Å²) >= 11 is 0. The SMILES string of the molecule is C=C(CC(=O)c1ccc2c(c1)S(=O)CN2)C(=O)O. The third kappa shape index (κ3) is 2.33. The molecule has 0 radical (unpaired) electrons. The number of Topliss-reactive ketones (excluding diaryl/α,β-unsaturated/α-hetero) is 1. The van der Waals surface area contributed by atoms with Crippen molar-refractivity contribution in [2.24, 2.45) is 0 Å². The molecule has 1 aromatic rings. The van der Waals surface area contributed by atoms with Crippen molar-refractivity contribution in [3.8, 4) is 0 Å². The van der Waals surface area contributed by atoms with Gasteiger partial charge in [-0.3, -0.25) is 9.00 Å². The molecule has 0 bridgehead atoms. The second-order valence-corrected chi connectivity index (χ2v) is 5.31. The number of hydrogen-bond donors (Lipinski definition) is 2. The lowest BCUT2D eigenvalue weighted by Gasteiger charge is -2.03. The molecule has 0 amide bonds. The van der Waals surface area contributed by atoms with Gasteiger partial charge in [0.1, 0.15) is 0 Å². The fraction of sp³-hybridized carbons (Fsp3) is 0.167. The summed E-state index contributed by atoms with van der Waals surface area (Å²) in [4.78, 5) is 23.0. The van der Waals surface area contributed by atoms with Gasteiger partial charge >= 0.3 is 5.97 Å². The Morgan fingerprint density at radius 2 is 2.17 bits per heavy atom. The maximum absolute atomic E-state index is 11.8. The highest BCUT2D eigenvalue weighted by atomic mass is 32.2. The molecule has 18 heavy (non-hydrogen) atoms.